The summed E-state index contributed by atoms with van der Waals surface area (Å²) in [6.45, 7) is 3.90. The maximum Gasteiger partial charge on any atom is 0.433 e. The van der Waals surface area contributed by atoms with Crippen LogP contribution in [0.25, 0.3) is 28.2 Å². The van der Waals surface area contributed by atoms with Gasteiger partial charge in [0.2, 0.25) is 0 Å². The lowest BCUT2D eigenvalue weighted by atomic mass is 10.1. The SMILES string of the molecule is CC(C)Oc1cccc(-c2ccc3nnc(-c4ccnc(C(F)(F)F)c4)n3c2)c1. The van der Waals surface area contributed by atoms with Crippen molar-refractivity contribution < 1.29 is 17.9 Å². The maximum atomic E-state index is 13.0. The smallest absolute Gasteiger partial charge is 0.433 e. The normalized spacial score (nSPS) is 11.9. The number of alkyl halides is 3. The summed E-state index contributed by atoms with van der Waals surface area (Å²) in [5, 5.41) is 8.14. The van der Waals surface area contributed by atoms with Crippen LogP contribution >= 0.6 is 0 Å². The first-order valence-corrected chi connectivity index (χ1v) is 8.97. The molecule has 1 aromatic carbocycles. The van der Waals surface area contributed by atoms with E-state index < -0.39 is 11.9 Å². The Labute approximate surface area is 164 Å². The molecule has 0 aliphatic carbocycles. The molecule has 8 heteroatoms. The van der Waals surface area contributed by atoms with Crippen molar-refractivity contribution in [2.24, 2.45) is 0 Å². The average Bonchev–Trinajstić information content (AvgIpc) is 3.10. The first kappa shape index (κ1) is 18.9. The van der Waals surface area contributed by atoms with Crippen molar-refractivity contribution in [3.05, 3.63) is 66.6 Å². The van der Waals surface area contributed by atoms with Gasteiger partial charge in [-0.3, -0.25) is 9.38 Å². The van der Waals surface area contributed by atoms with Gasteiger partial charge < -0.3 is 4.74 Å². The number of nitrogens with zero attached hydrogens (tertiary/aromatic N) is 4. The third-order valence-electron chi connectivity index (χ3n) is 4.25. The van der Waals surface area contributed by atoms with Crippen LogP contribution in [0.3, 0.4) is 0 Å². The number of benzene rings is 1. The van der Waals surface area contributed by atoms with E-state index in [0.29, 0.717) is 11.5 Å². The van der Waals surface area contributed by atoms with E-state index in [9.17, 15) is 13.2 Å². The van der Waals surface area contributed by atoms with Gasteiger partial charge in [0.25, 0.3) is 0 Å². The highest BCUT2D eigenvalue weighted by atomic mass is 19.4. The molecule has 0 atom stereocenters. The van der Waals surface area contributed by atoms with Gasteiger partial charge in [-0.15, -0.1) is 10.2 Å². The van der Waals surface area contributed by atoms with Crippen molar-refractivity contribution in [3.8, 4) is 28.3 Å². The van der Waals surface area contributed by atoms with Crippen LogP contribution in [0.4, 0.5) is 13.2 Å². The van der Waals surface area contributed by atoms with Gasteiger partial charge in [0, 0.05) is 18.0 Å². The molecule has 5 nitrogen and oxygen atoms in total. The van der Waals surface area contributed by atoms with Crippen LogP contribution in [-0.4, -0.2) is 25.7 Å². The molecule has 0 spiro atoms. The molecule has 0 aliphatic heterocycles. The summed E-state index contributed by atoms with van der Waals surface area (Å²) < 4.78 is 46.5. The second-order valence-corrected chi connectivity index (χ2v) is 6.79. The van der Waals surface area contributed by atoms with Crippen LogP contribution in [0.1, 0.15) is 19.5 Å². The number of ether oxygens (including phenoxy) is 1. The van der Waals surface area contributed by atoms with E-state index in [4.69, 9.17) is 4.74 Å². The minimum absolute atomic E-state index is 0.0479. The molecule has 148 valence electrons. The van der Waals surface area contributed by atoms with E-state index in [1.165, 1.54) is 6.07 Å². The Bertz CT molecular complexity index is 1170. The Balaban J connectivity index is 1.78. The predicted molar refractivity (Wildman–Crippen MR) is 102 cm³/mol. The maximum absolute atomic E-state index is 13.0. The van der Waals surface area contributed by atoms with E-state index in [-0.39, 0.29) is 11.7 Å². The fourth-order valence-corrected chi connectivity index (χ4v) is 3.00. The molecule has 0 N–H and O–H groups in total. The lowest BCUT2D eigenvalue weighted by Crippen LogP contribution is -2.07. The molecule has 4 rings (SSSR count). The number of pyridine rings is 2. The molecule has 0 saturated heterocycles. The molecule has 0 saturated carbocycles. The summed E-state index contributed by atoms with van der Waals surface area (Å²) in [7, 11) is 0. The molecule has 0 aliphatic rings. The zero-order valence-electron chi connectivity index (χ0n) is 15.7. The number of hydrogen-bond acceptors (Lipinski definition) is 4. The molecule has 0 amide bonds. The number of rotatable bonds is 4. The molecular formula is C21H17F3N4O. The van der Waals surface area contributed by atoms with Crippen molar-refractivity contribution in [2.45, 2.75) is 26.1 Å². The Hall–Kier alpha value is -3.42. The molecule has 3 aromatic heterocycles. The standard InChI is InChI=1S/C21H17F3N4O/c1-13(2)29-17-5-3-4-14(10-17)16-6-7-19-26-27-20(28(19)12-16)15-8-9-25-18(11-15)21(22,23)24/h3-13H,1-2H3. The lowest BCUT2D eigenvalue weighted by molar-refractivity contribution is -0.141. The summed E-state index contributed by atoms with van der Waals surface area (Å²) in [5.41, 5.74) is 1.62. The molecule has 3 heterocycles. The molecule has 29 heavy (non-hydrogen) atoms. The number of hydrogen-bond donors (Lipinski definition) is 0. The van der Waals surface area contributed by atoms with Gasteiger partial charge in [0.1, 0.15) is 11.4 Å². The monoisotopic (exact) mass is 398 g/mol. The van der Waals surface area contributed by atoms with E-state index in [1.54, 1.807) is 16.7 Å². The zero-order valence-corrected chi connectivity index (χ0v) is 15.7. The molecule has 0 bridgehead atoms. The summed E-state index contributed by atoms with van der Waals surface area (Å²) in [5.74, 6) is 1.05. The lowest BCUT2D eigenvalue weighted by Gasteiger charge is -2.11. The van der Waals surface area contributed by atoms with Gasteiger partial charge >= 0.3 is 6.18 Å². The van der Waals surface area contributed by atoms with Gasteiger partial charge in [0.05, 0.1) is 6.10 Å². The number of fused-ring (bicyclic) bond motifs is 1. The first-order chi connectivity index (χ1) is 13.8. The Morgan fingerprint density at radius 3 is 2.52 bits per heavy atom. The summed E-state index contributed by atoms with van der Waals surface area (Å²) in [6.07, 6.45) is -1.56. The van der Waals surface area contributed by atoms with Crippen molar-refractivity contribution >= 4 is 5.65 Å². The summed E-state index contributed by atoms with van der Waals surface area (Å²) in [4.78, 5) is 3.40. The molecule has 4 aromatic rings. The topological polar surface area (TPSA) is 52.3 Å². The van der Waals surface area contributed by atoms with Crippen LogP contribution in [0.2, 0.25) is 0 Å². The average molecular weight is 398 g/mol. The van der Waals surface area contributed by atoms with Gasteiger partial charge in [0.15, 0.2) is 11.5 Å². The summed E-state index contributed by atoms with van der Waals surface area (Å²) >= 11 is 0. The van der Waals surface area contributed by atoms with Crippen LogP contribution in [0.5, 0.6) is 5.75 Å². The zero-order chi connectivity index (χ0) is 20.6. The van der Waals surface area contributed by atoms with Crippen molar-refractivity contribution in [1.82, 2.24) is 19.6 Å². The molecule has 0 fully saturated rings. The minimum Gasteiger partial charge on any atom is -0.491 e. The Morgan fingerprint density at radius 2 is 1.76 bits per heavy atom. The van der Waals surface area contributed by atoms with E-state index in [2.05, 4.69) is 15.2 Å². The number of halogens is 3. The minimum atomic E-state index is -4.53. The third kappa shape index (κ3) is 3.91. The van der Waals surface area contributed by atoms with Crippen molar-refractivity contribution in [1.29, 1.82) is 0 Å². The number of aromatic nitrogens is 4. The van der Waals surface area contributed by atoms with Gasteiger partial charge in [-0.2, -0.15) is 13.2 Å². The highest BCUT2D eigenvalue weighted by Gasteiger charge is 2.32. The van der Waals surface area contributed by atoms with Gasteiger partial charge in [-0.25, -0.2) is 0 Å². The van der Waals surface area contributed by atoms with E-state index in [0.717, 1.165) is 29.1 Å². The predicted octanol–water partition coefficient (Wildman–Crippen LogP) is 5.26. The molecule has 0 radical (unpaired) electrons. The van der Waals surface area contributed by atoms with Gasteiger partial charge in [-0.05, 0) is 61.4 Å². The molecule has 0 unspecified atom stereocenters. The van der Waals surface area contributed by atoms with E-state index >= 15 is 0 Å². The van der Waals surface area contributed by atoms with Gasteiger partial charge in [-0.1, -0.05) is 12.1 Å². The fourth-order valence-electron chi connectivity index (χ4n) is 3.00. The van der Waals surface area contributed by atoms with E-state index in [1.807, 2.05) is 44.2 Å². The fraction of sp³-hybridized carbons (Fsp3) is 0.190. The van der Waals surface area contributed by atoms with Crippen LogP contribution < -0.4 is 4.74 Å². The second-order valence-electron chi connectivity index (χ2n) is 6.79. The van der Waals surface area contributed by atoms with Crippen molar-refractivity contribution in [2.75, 3.05) is 0 Å². The largest absolute Gasteiger partial charge is 0.491 e. The Kier molecular flexibility index (Phi) is 4.70. The van der Waals surface area contributed by atoms with Crippen LogP contribution in [-0.2, 0) is 6.18 Å². The van der Waals surface area contributed by atoms with Crippen LogP contribution in [0, 0.1) is 0 Å². The molecular weight excluding hydrogens is 381 g/mol. The first-order valence-electron chi connectivity index (χ1n) is 8.97. The third-order valence-corrected chi connectivity index (χ3v) is 4.25. The Morgan fingerprint density at radius 1 is 0.931 bits per heavy atom. The van der Waals surface area contributed by atoms with Crippen LogP contribution in [0.15, 0.2) is 60.9 Å². The quantitative estimate of drug-likeness (QED) is 0.470. The highest BCUT2D eigenvalue weighted by Crippen LogP contribution is 2.31. The highest BCUT2D eigenvalue weighted by molar-refractivity contribution is 5.68. The van der Waals surface area contributed by atoms with Crippen molar-refractivity contribution in [3.63, 3.8) is 0 Å². The second kappa shape index (κ2) is 7.20. The summed E-state index contributed by atoms with van der Waals surface area (Å²) in [6, 6.07) is 13.7.